The van der Waals surface area contributed by atoms with E-state index >= 15 is 0 Å². The van der Waals surface area contributed by atoms with E-state index in [9.17, 15) is 9.59 Å². The van der Waals surface area contributed by atoms with Crippen molar-refractivity contribution in [2.45, 2.75) is 18.4 Å². The summed E-state index contributed by atoms with van der Waals surface area (Å²) in [5.41, 5.74) is 5.19. The number of carbonyl (C=O) groups excluding carboxylic acids is 2. The number of hydrogen-bond acceptors (Lipinski definition) is 4. The number of benzene rings is 3. The number of nitrogens with one attached hydrogen (secondary N) is 1. The first-order valence-electron chi connectivity index (χ1n) is 9.68. The monoisotopic (exact) mass is 396 g/mol. The van der Waals surface area contributed by atoms with Gasteiger partial charge in [-0.3, -0.25) is 4.79 Å². The molecule has 1 N–H and O–H groups in total. The SMILES string of the molecule is COC(=O)[C@@H](Cc1cccc(C#N)c1)NC(=O)C1c2ccccc2-c2ccccc21. The minimum Gasteiger partial charge on any atom is -0.467 e. The summed E-state index contributed by atoms with van der Waals surface area (Å²) in [4.78, 5) is 25.8. The average molecular weight is 396 g/mol. The summed E-state index contributed by atoms with van der Waals surface area (Å²) in [6.07, 6.45) is 0.240. The maximum Gasteiger partial charge on any atom is 0.328 e. The van der Waals surface area contributed by atoms with Crippen LogP contribution in [0.1, 0.15) is 28.2 Å². The van der Waals surface area contributed by atoms with Gasteiger partial charge in [-0.05, 0) is 39.9 Å². The molecule has 0 aromatic heterocycles. The van der Waals surface area contributed by atoms with Gasteiger partial charge in [0.1, 0.15) is 6.04 Å². The minimum atomic E-state index is -0.851. The van der Waals surface area contributed by atoms with Gasteiger partial charge in [-0.25, -0.2) is 4.79 Å². The smallest absolute Gasteiger partial charge is 0.328 e. The van der Waals surface area contributed by atoms with Crippen molar-refractivity contribution < 1.29 is 14.3 Å². The molecular weight excluding hydrogens is 376 g/mol. The van der Waals surface area contributed by atoms with Gasteiger partial charge >= 0.3 is 5.97 Å². The van der Waals surface area contributed by atoms with Gasteiger partial charge < -0.3 is 10.1 Å². The van der Waals surface area contributed by atoms with Crippen LogP contribution in [0.25, 0.3) is 11.1 Å². The van der Waals surface area contributed by atoms with Gasteiger partial charge in [-0.2, -0.15) is 5.26 Å². The Labute approximate surface area is 174 Å². The molecule has 0 unspecified atom stereocenters. The van der Waals surface area contributed by atoms with E-state index in [1.54, 1.807) is 18.2 Å². The van der Waals surface area contributed by atoms with Crippen molar-refractivity contribution in [3.63, 3.8) is 0 Å². The lowest BCUT2D eigenvalue weighted by Crippen LogP contribution is -2.45. The quantitative estimate of drug-likeness (QED) is 0.669. The number of rotatable bonds is 5. The third kappa shape index (κ3) is 3.56. The molecule has 0 saturated carbocycles. The molecule has 148 valence electrons. The normalized spacial score (nSPS) is 12.9. The molecule has 0 fully saturated rings. The third-order valence-corrected chi connectivity index (χ3v) is 5.39. The molecule has 1 amide bonds. The number of carbonyl (C=O) groups is 2. The van der Waals surface area contributed by atoms with Gasteiger partial charge in [-0.1, -0.05) is 60.7 Å². The highest BCUT2D eigenvalue weighted by Gasteiger charge is 2.35. The van der Waals surface area contributed by atoms with Crippen molar-refractivity contribution in [2.75, 3.05) is 7.11 Å². The summed E-state index contributed by atoms with van der Waals surface area (Å²) in [6, 6.07) is 23.9. The number of esters is 1. The number of hydrogen-bond donors (Lipinski definition) is 1. The first-order chi connectivity index (χ1) is 14.6. The summed E-state index contributed by atoms with van der Waals surface area (Å²) in [6.45, 7) is 0. The number of amides is 1. The van der Waals surface area contributed by atoms with Crippen molar-refractivity contribution in [1.82, 2.24) is 5.32 Å². The number of nitrogens with zero attached hydrogens (tertiary/aromatic N) is 1. The number of methoxy groups -OCH3 is 1. The van der Waals surface area contributed by atoms with Crippen LogP contribution in [-0.4, -0.2) is 25.0 Å². The highest BCUT2D eigenvalue weighted by atomic mass is 16.5. The summed E-state index contributed by atoms with van der Waals surface area (Å²) in [5, 5.41) is 12.0. The molecule has 0 bridgehead atoms. The van der Waals surface area contributed by atoms with Crippen LogP contribution in [0.5, 0.6) is 0 Å². The predicted molar refractivity (Wildman–Crippen MR) is 113 cm³/mol. The van der Waals surface area contributed by atoms with Gasteiger partial charge in [0, 0.05) is 6.42 Å². The molecule has 1 aliphatic rings. The van der Waals surface area contributed by atoms with Gasteiger partial charge in [0.25, 0.3) is 0 Å². The summed E-state index contributed by atoms with van der Waals surface area (Å²) in [5.74, 6) is -1.26. The molecule has 5 heteroatoms. The van der Waals surface area contributed by atoms with Gasteiger partial charge in [0.05, 0.1) is 24.7 Å². The molecule has 30 heavy (non-hydrogen) atoms. The second kappa shape index (κ2) is 8.22. The number of ether oxygens (including phenoxy) is 1. The van der Waals surface area contributed by atoms with Crippen LogP contribution in [0.4, 0.5) is 0 Å². The van der Waals surface area contributed by atoms with Crippen LogP contribution in [0.2, 0.25) is 0 Å². The largest absolute Gasteiger partial charge is 0.467 e. The molecule has 1 aliphatic carbocycles. The topological polar surface area (TPSA) is 79.2 Å². The van der Waals surface area contributed by atoms with Crippen LogP contribution in [0, 0.1) is 11.3 Å². The molecule has 0 heterocycles. The van der Waals surface area contributed by atoms with E-state index in [0.29, 0.717) is 5.56 Å². The molecular formula is C25H20N2O3. The van der Waals surface area contributed by atoms with Gasteiger partial charge in [0.15, 0.2) is 0 Å². The summed E-state index contributed by atoms with van der Waals surface area (Å²) >= 11 is 0. The lowest BCUT2D eigenvalue weighted by atomic mass is 9.95. The Morgan fingerprint density at radius 1 is 1.00 bits per heavy atom. The molecule has 0 spiro atoms. The molecule has 4 rings (SSSR count). The average Bonchev–Trinajstić information content (AvgIpc) is 3.13. The van der Waals surface area contributed by atoms with E-state index in [0.717, 1.165) is 27.8 Å². The molecule has 0 saturated heterocycles. The Kier molecular flexibility index (Phi) is 5.32. The van der Waals surface area contributed by atoms with Crippen LogP contribution in [-0.2, 0) is 20.7 Å². The molecule has 3 aromatic carbocycles. The molecule has 3 aromatic rings. The highest BCUT2D eigenvalue weighted by Crippen LogP contribution is 2.44. The minimum absolute atomic E-state index is 0.240. The van der Waals surface area contributed by atoms with Crippen molar-refractivity contribution in [1.29, 1.82) is 5.26 Å². The molecule has 0 radical (unpaired) electrons. The standard InChI is InChI=1S/C25H20N2O3/c1-30-25(29)22(14-16-7-6-8-17(13-16)15-26)27-24(28)23-20-11-4-2-9-18(20)19-10-3-5-12-21(19)23/h2-13,22-23H,14H2,1H3,(H,27,28)/t22-/m1/s1. The van der Waals surface area contributed by atoms with Crippen LogP contribution in [0.3, 0.4) is 0 Å². The van der Waals surface area contributed by atoms with Crippen molar-refractivity contribution >= 4 is 11.9 Å². The zero-order chi connectivity index (χ0) is 21.1. The fourth-order valence-corrected chi connectivity index (χ4v) is 4.03. The lowest BCUT2D eigenvalue weighted by Gasteiger charge is -2.20. The molecule has 0 aliphatic heterocycles. The van der Waals surface area contributed by atoms with Gasteiger partial charge in [-0.15, -0.1) is 0 Å². The Hall–Kier alpha value is -3.91. The van der Waals surface area contributed by atoms with E-state index < -0.39 is 17.9 Å². The van der Waals surface area contributed by atoms with Gasteiger partial charge in [0.2, 0.25) is 5.91 Å². The maximum atomic E-state index is 13.3. The first-order valence-corrected chi connectivity index (χ1v) is 9.68. The number of fused-ring (bicyclic) bond motifs is 3. The first kappa shape index (κ1) is 19.4. The van der Waals surface area contributed by atoms with Crippen molar-refractivity contribution in [3.8, 4) is 17.2 Å². The second-order valence-corrected chi connectivity index (χ2v) is 7.21. The van der Waals surface area contributed by atoms with E-state index in [2.05, 4.69) is 11.4 Å². The van der Waals surface area contributed by atoms with Crippen LogP contribution < -0.4 is 5.32 Å². The zero-order valence-corrected chi connectivity index (χ0v) is 16.5. The Bertz CT molecular complexity index is 1120. The van der Waals surface area contributed by atoms with E-state index in [1.807, 2.05) is 54.6 Å². The summed E-state index contributed by atoms with van der Waals surface area (Å²) in [7, 11) is 1.30. The summed E-state index contributed by atoms with van der Waals surface area (Å²) < 4.78 is 4.92. The third-order valence-electron chi connectivity index (χ3n) is 5.39. The highest BCUT2D eigenvalue weighted by molar-refractivity contribution is 5.97. The zero-order valence-electron chi connectivity index (χ0n) is 16.5. The Morgan fingerprint density at radius 2 is 1.63 bits per heavy atom. The molecule has 5 nitrogen and oxygen atoms in total. The van der Waals surface area contributed by atoms with Crippen molar-refractivity contribution in [3.05, 3.63) is 95.1 Å². The Morgan fingerprint density at radius 3 is 2.23 bits per heavy atom. The number of nitriles is 1. The van der Waals surface area contributed by atoms with E-state index in [1.165, 1.54) is 7.11 Å². The maximum absolute atomic E-state index is 13.3. The van der Waals surface area contributed by atoms with E-state index in [-0.39, 0.29) is 12.3 Å². The Balaban J connectivity index is 1.63. The van der Waals surface area contributed by atoms with Crippen LogP contribution in [0.15, 0.2) is 72.8 Å². The second-order valence-electron chi connectivity index (χ2n) is 7.21. The lowest BCUT2D eigenvalue weighted by molar-refractivity contribution is -0.145. The fraction of sp³-hybridized carbons (Fsp3) is 0.160. The van der Waals surface area contributed by atoms with Crippen LogP contribution >= 0.6 is 0 Å². The predicted octanol–water partition coefficient (Wildman–Crippen LogP) is 3.57. The fourth-order valence-electron chi connectivity index (χ4n) is 4.03. The van der Waals surface area contributed by atoms with Crippen molar-refractivity contribution in [2.24, 2.45) is 0 Å². The van der Waals surface area contributed by atoms with E-state index in [4.69, 9.17) is 10.00 Å². The molecule has 1 atom stereocenters.